The van der Waals surface area contributed by atoms with Gasteiger partial charge in [0.2, 0.25) is 0 Å². The van der Waals surface area contributed by atoms with Gasteiger partial charge >= 0.3 is 6.18 Å². The minimum absolute atomic E-state index is 0.740. The van der Waals surface area contributed by atoms with Crippen LogP contribution in [0.4, 0.5) is 26.3 Å². The molecule has 0 spiro atoms. The fourth-order valence-corrected chi connectivity index (χ4v) is 1.63. The average molecular weight is 239 g/mol. The second-order valence-corrected chi connectivity index (χ2v) is 3.60. The molecule has 7 heteroatoms. The van der Waals surface area contributed by atoms with Crippen LogP contribution in [0.2, 0.25) is 0 Å². The summed E-state index contributed by atoms with van der Waals surface area (Å²) in [5.41, 5.74) is -4.57. The predicted octanol–water partition coefficient (Wildman–Crippen LogP) is 3.66. The van der Waals surface area contributed by atoms with Crippen molar-refractivity contribution < 1.29 is 26.3 Å². The first-order valence-electron chi connectivity index (χ1n) is 3.52. The zero-order chi connectivity index (χ0) is 11.4. The molecule has 2 atom stereocenters. The molecule has 0 amide bonds. The summed E-state index contributed by atoms with van der Waals surface area (Å²) in [6.07, 6.45) is -6.90. The highest BCUT2D eigenvalue weighted by Gasteiger charge is 2.82. The molecule has 0 aromatic carbocycles. The fourth-order valence-electron chi connectivity index (χ4n) is 1.40. The SMILES string of the molecule is C=C(Cl)C1CC(F)(F)C1(F)C(F)(F)F. The Kier molecular flexibility index (Phi) is 2.34. The highest BCUT2D eigenvalue weighted by molar-refractivity contribution is 6.29. The molecule has 0 bridgehead atoms. The molecule has 1 fully saturated rings. The van der Waals surface area contributed by atoms with Crippen LogP contribution >= 0.6 is 11.6 Å². The normalized spacial score (nSPS) is 36.4. The Labute approximate surface area is 80.5 Å². The smallest absolute Gasteiger partial charge is 0.226 e. The monoisotopic (exact) mass is 238 g/mol. The summed E-state index contributed by atoms with van der Waals surface area (Å²) in [4.78, 5) is 0. The zero-order valence-electron chi connectivity index (χ0n) is 6.64. The quantitative estimate of drug-likeness (QED) is 0.612. The topological polar surface area (TPSA) is 0 Å². The number of rotatable bonds is 1. The predicted molar refractivity (Wildman–Crippen MR) is 37.9 cm³/mol. The molecule has 0 heterocycles. The molecule has 14 heavy (non-hydrogen) atoms. The van der Waals surface area contributed by atoms with Crippen LogP contribution in [0.15, 0.2) is 11.6 Å². The molecule has 1 rings (SSSR count). The highest BCUT2D eigenvalue weighted by Crippen LogP contribution is 2.63. The summed E-state index contributed by atoms with van der Waals surface area (Å²) in [5.74, 6) is -6.49. The Balaban J connectivity index is 3.08. The average Bonchev–Trinajstić information content (AvgIpc) is 1.96. The van der Waals surface area contributed by atoms with Gasteiger partial charge < -0.3 is 0 Å². The molecular weight excluding hydrogens is 234 g/mol. The van der Waals surface area contributed by atoms with E-state index >= 15 is 0 Å². The summed E-state index contributed by atoms with van der Waals surface area (Å²) < 4.78 is 74.2. The zero-order valence-corrected chi connectivity index (χ0v) is 7.39. The minimum atomic E-state index is -5.64. The van der Waals surface area contributed by atoms with Crippen molar-refractivity contribution in [3.8, 4) is 0 Å². The van der Waals surface area contributed by atoms with Crippen molar-refractivity contribution in [3.63, 3.8) is 0 Å². The van der Waals surface area contributed by atoms with Gasteiger partial charge in [0.25, 0.3) is 11.6 Å². The molecule has 0 aliphatic heterocycles. The van der Waals surface area contributed by atoms with Crippen molar-refractivity contribution in [2.75, 3.05) is 0 Å². The van der Waals surface area contributed by atoms with E-state index in [-0.39, 0.29) is 0 Å². The first-order valence-corrected chi connectivity index (χ1v) is 3.89. The molecule has 1 aliphatic carbocycles. The molecule has 0 saturated heterocycles. The van der Waals surface area contributed by atoms with E-state index in [9.17, 15) is 26.3 Å². The van der Waals surface area contributed by atoms with Crippen molar-refractivity contribution >= 4 is 11.6 Å². The van der Waals surface area contributed by atoms with Gasteiger partial charge in [-0.05, 0) is 0 Å². The Hall–Kier alpha value is -0.390. The summed E-state index contributed by atoms with van der Waals surface area (Å²) in [6, 6.07) is 0. The lowest BCUT2D eigenvalue weighted by atomic mass is 9.66. The van der Waals surface area contributed by atoms with Gasteiger partial charge in [-0.15, -0.1) is 0 Å². The molecule has 0 nitrogen and oxygen atoms in total. The van der Waals surface area contributed by atoms with Gasteiger partial charge in [0.05, 0.1) is 0 Å². The van der Waals surface area contributed by atoms with Gasteiger partial charge in [0, 0.05) is 17.4 Å². The van der Waals surface area contributed by atoms with Crippen molar-refractivity contribution in [3.05, 3.63) is 11.6 Å². The molecule has 2 unspecified atom stereocenters. The second kappa shape index (κ2) is 2.81. The second-order valence-electron chi connectivity index (χ2n) is 3.12. The molecule has 0 N–H and O–H groups in total. The fraction of sp³-hybridized carbons (Fsp3) is 0.714. The number of hydrogen-bond donors (Lipinski definition) is 0. The van der Waals surface area contributed by atoms with Gasteiger partial charge in [0.1, 0.15) is 0 Å². The maximum absolute atomic E-state index is 13.1. The Morgan fingerprint density at radius 1 is 1.29 bits per heavy atom. The van der Waals surface area contributed by atoms with Crippen LogP contribution in [0.3, 0.4) is 0 Å². The van der Waals surface area contributed by atoms with Crippen LogP contribution in [-0.2, 0) is 0 Å². The summed E-state index contributed by atoms with van der Waals surface area (Å²) in [5, 5.41) is -0.740. The molecule has 1 saturated carbocycles. The van der Waals surface area contributed by atoms with Crippen molar-refractivity contribution in [2.45, 2.75) is 24.2 Å². The van der Waals surface area contributed by atoms with E-state index in [1.54, 1.807) is 0 Å². The minimum Gasteiger partial charge on any atom is -0.226 e. The maximum Gasteiger partial charge on any atom is 0.429 e. The number of hydrogen-bond acceptors (Lipinski definition) is 0. The first kappa shape index (κ1) is 11.7. The van der Waals surface area contributed by atoms with Crippen molar-refractivity contribution in [1.82, 2.24) is 0 Å². The lowest BCUT2D eigenvalue weighted by molar-refractivity contribution is -0.363. The van der Waals surface area contributed by atoms with E-state index in [1.165, 1.54) is 0 Å². The highest BCUT2D eigenvalue weighted by atomic mass is 35.5. The van der Waals surface area contributed by atoms with E-state index in [1.807, 2.05) is 0 Å². The van der Waals surface area contributed by atoms with Crippen LogP contribution < -0.4 is 0 Å². The third-order valence-corrected chi connectivity index (χ3v) is 2.53. The van der Waals surface area contributed by atoms with E-state index in [4.69, 9.17) is 11.6 Å². The number of allylic oxidation sites excluding steroid dienone is 1. The van der Waals surface area contributed by atoms with Gasteiger partial charge in [-0.3, -0.25) is 0 Å². The maximum atomic E-state index is 13.1. The van der Waals surface area contributed by atoms with E-state index in [0.29, 0.717) is 0 Å². The third kappa shape index (κ3) is 1.23. The summed E-state index contributed by atoms with van der Waals surface area (Å²) >= 11 is 5.03. The standard InChI is InChI=1S/C7H5ClF6/c1-3(8)4-2-5(9,10)6(4,11)7(12,13)14/h4H,1-2H2. The van der Waals surface area contributed by atoms with Crippen molar-refractivity contribution in [2.24, 2.45) is 5.92 Å². The molecular formula is C7H5ClF6. The molecule has 82 valence electrons. The Morgan fingerprint density at radius 3 is 1.86 bits per heavy atom. The number of alkyl halides is 6. The van der Waals surface area contributed by atoms with Crippen LogP contribution in [0.1, 0.15) is 6.42 Å². The first-order chi connectivity index (χ1) is 6.04. The molecule has 1 aliphatic rings. The Morgan fingerprint density at radius 2 is 1.71 bits per heavy atom. The van der Waals surface area contributed by atoms with Gasteiger partial charge in [0.15, 0.2) is 0 Å². The van der Waals surface area contributed by atoms with Crippen LogP contribution in [0.5, 0.6) is 0 Å². The lowest BCUT2D eigenvalue weighted by Crippen LogP contribution is -2.69. The van der Waals surface area contributed by atoms with E-state index < -0.39 is 35.1 Å². The van der Waals surface area contributed by atoms with Gasteiger partial charge in [-0.1, -0.05) is 18.2 Å². The van der Waals surface area contributed by atoms with Crippen LogP contribution in [0, 0.1) is 5.92 Å². The van der Waals surface area contributed by atoms with Crippen molar-refractivity contribution in [1.29, 1.82) is 0 Å². The van der Waals surface area contributed by atoms with E-state index in [2.05, 4.69) is 6.58 Å². The summed E-state index contributed by atoms with van der Waals surface area (Å²) in [6.45, 7) is 2.84. The van der Waals surface area contributed by atoms with Gasteiger partial charge in [-0.25, -0.2) is 13.2 Å². The lowest BCUT2D eigenvalue weighted by Gasteiger charge is -2.49. The molecule has 0 aromatic rings. The van der Waals surface area contributed by atoms with Crippen LogP contribution in [-0.4, -0.2) is 17.8 Å². The van der Waals surface area contributed by atoms with E-state index in [0.717, 1.165) is 0 Å². The number of halogens is 7. The molecule has 0 aromatic heterocycles. The molecule has 0 radical (unpaired) electrons. The van der Waals surface area contributed by atoms with Crippen LogP contribution in [0.25, 0.3) is 0 Å². The Bertz CT molecular complexity index is 258. The third-order valence-electron chi connectivity index (χ3n) is 2.26. The largest absolute Gasteiger partial charge is 0.429 e. The van der Waals surface area contributed by atoms with Gasteiger partial charge in [-0.2, -0.15) is 13.2 Å². The summed E-state index contributed by atoms with van der Waals surface area (Å²) in [7, 11) is 0.